The van der Waals surface area contributed by atoms with E-state index in [1.807, 2.05) is 35.0 Å². The molecule has 0 spiro atoms. The van der Waals surface area contributed by atoms with Gasteiger partial charge in [0.05, 0.1) is 18.6 Å². The summed E-state index contributed by atoms with van der Waals surface area (Å²) in [6, 6.07) is 14.2. The number of hydrogen-bond donors (Lipinski definition) is 2. The molecule has 3 aromatic rings. The highest BCUT2D eigenvalue weighted by molar-refractivity contribution is 7.99. The highest BCUT2D eigenvalue weighted by Crippen LogP contribution is 2.24. The van der Waals surface area contributed by atoms with Crippen LogP contribution >= 0.6 is 11.8 Å². The molecule has 6 nitrogen and oxygen atoms in total. The van der Waals surface area contributed by atoms with Gasteiger partial charge in [-0.15, -0.1) is 0 Å². The van der Waals surface area contributed by atoms with Gasteiger partial charge in [0, 0.05) is 18.1 Å². The fraction of sp³-hybridized carbons (Fsp3) is 0.111. The van der Waals surface area contributed by atoms with E-state index in [1.54, 1.807) is 31.5 Å². The van der Waals surface area contributed by atoms with Crippen molar-refractivity contribution < 1.29 is 14.6 Å². The minimum Gasteiger partial charge on any atom is -0.506 e. The van der Waals surface area contributed by atoms with Gasteiger partial charge in [0.1, 0.15) is 11.5 Å². The Kier molecular flexibility index (Phi) is 5.25. The second-order valence-electron chi connectivity index (χ2n) is 5.13. The average Bonchev–Trinajstić information content (AvgIpc) is 3.10. The standard InChI is InChI=1S/C18H17N3O3S/c1-24-14-8-6-13(7-9-14)21-11-10-19-18(21)25-12-17(23)20-15-4-2-3-5-16(15)22/h2-11,22H,12H2,1H3,(H,20,23). The first-order valence-electron chi connectivity index (χ1n) is 7.56. The van der Waals surface area contributed by atoms with Crippen LogP contribution in [-0.2, 0) is 4.79 Å². The van der Waals surface area contributed by atoms with E-state index in [0.717, 1.165) is 11.4 Å². The Morgan fingerprint density at radius 1 is 1.24 bits per heavy atom. The van der Waals surface area contributed by atoms with Gasteiger partial charge in [-0.1, -0.05) is 23.9 Å². The van der Waals surface area contributed by atoms with Crippen LogP contribution < -0.4 is 10.1 Å². The summed E-state index contributed by atoms with van der Waals surface area (Å²) in [4.78, 5) is 16.4. The highest BCUT2D eigenvalue weighted by atomic mass is 32.2. The van der Waals surface area contributed by atoms with Crippen molar-refractivity contribution >= 4 is 23.4 Å². The number of carbonyl (C=O) groups excluding carboxylic acids is 1. The van der Waals surface area contributed by atoms with Gasteiger partial charge in [-0.3, -0.25) is 9.36 Å². The zero-order chi connectivity index (χ0) is 17.6. The zero-order valence-electron chi connectivity index (χ0n) is 13.5. The number of phenolic OH excluding ortho intramolecular Hbond substituents is 1. The number of nitrogens with one attached hydrogen (secondary N) is 1. The van der Waals surface area contributed by atoms with E-state index in [9.17, 15) is 9.90 Å². The van der Waals surface area contributed by atoms with Crippen LogP contribution in [-0.4, -0.2) is 33.4 Å². The summed E-state index contributed by atoms with van der Waals surface area (Å²) in [7, 11) is 1.62. The Balaban J connectivity index is 1.65. The minimum atomic E-state index is -0.212. The molecule has 7 heteroatoms. The molecule has 1 heterocycles. The molecule has 0 aliphatic heterocycles. The predicted octanol–water partition coefficient (Wildman–Crippen LogP) is 3.32. The second kappa shape index (κ2) is 7.76. The van der Waals surface area contributed by atoms with Gasteiger partial charge in [-0.25, -0.2) is 4.98 Å². The van der Waals surface area contributed by atoms with Crippen LogP contribution in [0.2, 0.25) is 0 Å². The van der Waals surface area contributed by atoms with Crippen LogP contribution in [0.4, 0.5) is 5.69 Å². The highest BCUT2D eigenvalue weighted by Gasteiger charge is 2.10. The lowest BCUT2D eigenvalue weighted by atomic mass is 10.3. The largest absolute Gasteiger partial charge is 0.506 e. The Bertz CT molecular complexity index is 862. The van der Waals surface area contributed by atoms with Crippen molar-refractivity contribution in [2.75, 3.05) is 18.2 Å². The number of amides is 1. The lowest BCUT2D eigenvalue weighted by molar-refractivity contribution is -0.113. The number of rotatable bonds is 6. The summed E-state index contributed by atoms with van der Waals surface area (Å²) in [6.07, 6.45) is 3.53. The van der Waals surface area contributed by atoms with Crippen molar-refractivity contribution in [1.29, 1.82) is 0 Å². The first-order valence-corrected chi connectivity index (χ1v) is 8.54. The average molecular weight is 355 g/mol. The molecular weight excluding hydrogens is 338 g/mol. The van der Waals surface area contributed by atoms with Gasteiger partial charge in [-0.05, 0) is 36.4 Å². The molecule has 128 valence electrons. The lowest BCUT2D eigenvalue weighted by Crippen LogP contribution is -2.14. The Morgan fingerprint density at radius 2 is 2.00 bits per heavy atom. The topological polar surface area (TPSA) is 76.4 Å². The van der Waals surface area contributed by atoms with Crippen molar-refractivity contribution in [3.8, 4) is 17.2 Å². The molecule has 0 bridgehead atoms. The number of aromatic hydroxyl groups is 1. The molecular formula is C18H17N3O3S. The normalized spacial score (nSPS) is 10.4. The molecule has 0 aliphatic carbocycles. The van der Waals surface area contributed by atoms with Crippen molar-refractivity contribution in [2.45, 2.75) is 5.16 Å². The summed E-state index contributed by atoms with van der Waals surface area (Å²) in [6.45, 7) is 0. The van der Waals surface area contributed by atoms with Gasteiger partial charge in [0.15, 0.2) is 5.16 Å². The smallest absolute Gasteiger partial charge is 0.234 e. The predicted molar refractivity (Wildman–Crippen MR) is 97.6 cm³/mol. The van der Waals surface area contributed by atoms with Gasteiger partial charge >= 0.3 is 0 Å². The quantitative estimate of drug-likeness (QED) is 0.524. The molecule has 0 saturated heterocycles. The maximum Gasteiger partial charge on any atom is 0.234 e. The number of carbonyl (C=O) groups is 1. The first-order chi connectivity index (χ1) is 12.2. The molecule has 0 saturated carbocycles. The van der Waals surface area contributed by atoms with Crippen molar-refractivity contribution in [2.24, 2.45) is 0 Å². The van der Waals surface area contributed by atoms with Crippen molar-refractivity contribution in [1.82, 2.24) is 9.55 Å². The zero-order valence-corrected chi connectivity index (χ0v) is 14.4. The Labute approximate surface area is 149 Å². The number of imidazole rings is 1. The molecule has 2 aromatic carbocycles. The number of thioether (sulfide) groups is 1. The molecule has 0 fully saturated rings. The van der Waals surface area contributed by atoms with E-state index >= 15 is 0 Å². The van der Waals surface area contributed by atoms with Crippen LogP contribution in [0.15, 0.2) is 66.1 Å². The fourth-order valence-electron chi connectivity index (χ4n) is 2.23. The van der Waals surface area contributed by atoms with Crippen LogP contribution in [0.5, 0.6) is 11.5 Å². The van der Waals surface area contributed by atoms with Crippen molar-refractivity contribution in [3.05, 3.63) is 60.9 Å². The molecule has 25 heavy (non-hydrogen) atoms. The monoisotopic (exact) mass is 355 g/mol. The number of anilines is 1. The molecule has 0 atom stereocenters. The van der Waals surface area contributed by atoms with Crippen LogP contribution in [0, 0.1) is 0 Å². The molecule has 0 radical (unpaired) electrons. The third kappa shape index (κ3) is 4.13. The summed E-state index contributed by atoms with van der Waals surface area (Å²) >= 11 is 1.32. The Hall–Kier alpha value is -2.93. The number of benzene rings is 2. The van der Waals surface area contributed by atoms with Crippen LogP contribution in [0.3, 0.4) is 0 Å². The lowest BCUT2D eigenvalue weighted by Gasteiger charge is -2.09. The third-order valence-electron chi connectivity index (χ3n) is 3.47. The van der Waals surface area contributed by atoms with Crippen molar-refractivity contribution in [3.63, 3.8) is 0 Å². The number of methoxy groups -OCH3 is 1. The number of phenols is 1. The van der Waals surface area contributed by atoms with Gasteiger partial charge < -0.3 is 15.2 Å². The molecule has 0 aliphatic rings. The van der Waals surface area contributed by atoms with E-state index in [0.29, 0.717) is 10.8 Å². The third-order valence-corrected chi connectivity index (χ3v) is 4.43. The first kappa shape index (κ1) is 16.9. The number of nitrogens with zero attached hydrogens (tertiary/aromatic N) is 2. The van der Waals surface area contributed by atoms with E-state index in [-0.39, 0.29) is 17.4 Å². The molecule has 2 N–H and O–H groups in total. The van der Waals surface area contributed by atoms with Gasteiger partial charge in [0.2, 0.25) is 5.91 Å². The molecule has 0 unspecified atom stereocenters. The summed E-state index contributed by atoms with van der Waals surface area (Å²) in [5.74, 6) is 0.790. The summed E-state index contributed by atoms with van der Waals surface area (Å²) in [5, 5.41) is 13.1. The maximum absolute atomic E-state index is 12.1. The number of hydrogen-bond acceptors (Lipinski definition) is 5. The maximum atomic E-state index is 12.1. The van der Waals surface area contributed by atoms with E-state index in [1.165, 1.54) is 17.8 Å². The summed E-state index contributed by atoms with van der Waals surface area (Å²) < 4.78 is 7.06. The van der Waals surface area contributed by atoms with E-state index in [4.69, 9.17) is 4.74 Å². The number of ether oxygens (including phenoxy) is 1. The SMILES string of the molecule is COc1ccc(-n2ccnc2SCC(=O)Nc2ccccc2O)cc1. The Morgan fingerprint density at radius 3 is 2.72 bits per heavy atom. The van der Waals surface area contributed by atoms with E-state index < -0.39 is 0 Å². The van der Waals surface area contributed by atoms with Crippen LogP contribution in [0.25, 0.3) is 5.69 Å². The van der Waals surface area contributed by atoms with Gasteiger partial charge in [-0.2, -0.15) is 0 Å². The van der Waals surface area contributed by atoms with Crippen LogP contribution in [0.1, 0.15) is 0 Å². The number of para-hydroxylation sites is 2. The molecule has 1 amide bonds. The summed E-state index contributed by atoms with van der Waals surface area (Å²) in [5.41, 5.74) is 1.33. The van der Waals surface area contributed by atoms with E-state index in [2.05, 4.69) is 10.3 Å². The minimum absolute atomic E-state index is 0.0422. The van der Waals surface area contributed by atoms with Gasteiger partial charge in [0.25, 0.3) is 0 Å². The fourth-order valence-corrected chi connectivity index (χ4v) is 3.00. The number of aromatic nitrogens is 2. The second-order valence-corrected chi connectivity index (χ2v) is 6.07. The molecule has 1 aromatic heterocycles. The molecule has 3 rings (SSSR count).